The molecule has 1 aromatic heterocycles. The number of ether oxygens (including phenoxy) is 1. The molecule has 0 amide bonds. The van der Waals surface area contributed by atoms with Gasteiger partial charge in [-0.05, 0) is 20.3 Å². The third-order valence-electron chi connectivity index (χ3n) is 2.84. The summed E-state index contributed by atoms with van der Waals surface area (Å²) in [5, 5.41) is 2.99. The number of hydrogen-bond donors (Lipinski definition) is 1. The normalized spacial score (nSPS) is 21.1. The first-order valence-corrected chi connectivity index (χ1v) is 6.09. The third-order valence-corrected chi connectivity index (χ3v) is 2.84. The molecule has 0 spiro atoms. The minimum Gasteiger partial charge on any atom is -0.377 e. The number of anilines is 2. The summed E-state index contributed by atoms with van der Waals surface area (Å²) in [6.45, 7) is 6.80. The van der Waals surface area contributed by atoms with Crippen LogP contribution in [-0.4, -0.2) is 42.8 Å². The Kier molecular flexibility index (Phi) is 3.78. The van der Waals surface area contributed by atoms with Crippen molar-refractivity contribution in [3.8, 4) is 0 Å². The van der Waals surface area contributed by atoms with Crippen LogP contribution in [0.2, 0.25) is 0 Å². The standard InChI is InChI=1S/C12H20N4O/c1-9-7-11(15-12(13-3)14-9)16-5-4-6-17-10(2)8-16/h7,10H,4-6,8H2,1-3H3,(H,13,14,15). The highest BCUT2D eigenvalue weighted by Crippen LogP contribution is 2.17. The average molecular weight is 236 g/mol. The number of nitrogens with one attached hydrogen (secondary N) is 1. The van der Waals surface area contributed by atoms with E-state index in [0.29, 0.717) is 5.95 Å². The first kappa shape index (κ1) is 12.1. The van der Waals surface area contributed by atoms with E-state index >= 15 is 0 Å². The van der Waals surface area contributed by atoms with E-state index in [1.165, 1.54) is 0 Å². The molecule has 1 N–H and O–H groups in total. The topological polar surface area (TPSA) is 50.3 Å². The van der Waals surface area contributed by atoms with Crippen molar-refractivity contribution in [1.82, 2.24) is 9.97 Å². The molecule has 1 aliphatic heterocycles. The summed E-state index contributed by atoms with van der Waals surface area (Å²) in [4.78, 5) is 11.1. The van der Waals surface area contributed by atoms with Crippen molar-refractivity contribution in [3.63, 3.8) is 0 Å². The van der Waals surface area contributed by atoms with Gasteiger partial charge < -0.3 is 15.0 Å². The minimum atomic E-state index is 0.255. The zero-order valence-corrected chi connectivity index (χ0v) is 10.7. The van der Waals surface area contributed by atoms with Gasteiger partial charge in [0.2, 0.25) is 5.95 Å². The molecule has 1 aliphatic rings. The fourth-order valence-corrected chi connectivity index (χ4v) is 2.03. The van der Waals surface area contributed by atoms with Gasteiger partial charge in [0.05, 0.1) is 6.10 Å². The van der Waals surface area contributed by atoms with Crippen LogP contribution < -0.4 is 10.2 Å². The Morgan fingerprint density at radius 1 is 1.47 bits per heavy atom. The Morgan fingerprint density at radius 2 is 2.29 bits per heavy atom. The molecule has 0 bridgehead atoms. The van der Waals surface area contributed by atoms with Crippen molar-refractivity contribution >= 4 is 11.8 Å². The van der Waals surface area contributed by atoms with E-state index in [1.54, 1.807) is 0 Å². The van der Waals surface area contributed by atoms with Crippen LogP contribution in [-0.2, 0) is 4.74 Å². The maximum Gasteiger partial charge on any atom is 0.224 e. The lowest BCUT2D eigenvalue weighted by Crippen LogP contribution is -2.31. The summed E-state index contributed by atoms with van der Waals surface area (Å²) in [5.41, 5.74) is 0.983. The molecule has 1 atom stereocenters. The molecule has 5 nitrogen and oxygen atoms in total. The first-order valence-electron chi connectivity index (χ1n) is 6.09. The van der Waals surface area contributed by atoms with Gasteiger partial charge in [0, 0.05) is 38.5 Å². The highest BCUT2D eigenvalue weighted by atomic mass is 16.5. The zero-order chi connectivity index (χ0) is 12.3. The molecule has 0 radical (unpaired) electrons. The fraction of sp³-hybridized carbons (Fsp3) is 0.667. The van der Waals surface area contributed by atoms with Gasteiger partial charge in [0.25, 0.3) is 0 Å². The first-order chi connectivity index (χ1) is 8.19. The molecule has 1 aromatic rings. The number of rotatable bonds is 2. The van der Waals surface area contributed by atoms with E-state index in [2.05, 4.69) is 27.1 Å². The predicted molar refractivity (Wildman–Crippen MR) is 68.6 cm³/mol. The van der Waals surface area contributed by atoms with Crippen LogP contribution >= 0.6 is 0 Å². The molecule has 5 heteroatoms. The van der Waals surface area contributed by atoms with Gasteiger partial charge in [-0.2, -0.15) is 4.98 Å². The molecular formula is C12H20N4O. The predicted octanol–water partition coefficient (Wildman–Crippen LogP) is 1.44. The molecule has 94 valence electrons. The fourth-order valence-electron chi connectivity index (χ4n) is 2.03. The van der Waals surface area contributed by atoms with Gasteiger partial charge >= 0.3 is 0 Å². The molecule has 1 saturated heterocycles. The molecule has 0 aliphatic carbocycles. The molecular weight excluding hydrogens is 216 g/mol. The van der Waals surface area contributed by atoms with Crippen molar-refractivity contribution in [3.05, 3.63) is 11.8 Å². The van der Waals surface area contributed by atoms with Crippen molar-refractivity contribution in [1.29, 1.82) is 0 Å². The van der Waals surface area contributed by atoms with Crippen molar-refractivity contribution in [2.24, 2.45) is 0 Å². The van der Waals surface area contributed by atoms with E-state index in [0.717, 1.165) is 37.6 Å². The SMILES string of the molecule is CNc1nc(C)cc(N2CCCOC(C)C2)n1. The Hall–Kier alpha value is -1.36. The number of aromatic nitrogens is 2. The largest absolute Gasteiger partial charge is 0.377 e. The molecule has 1 fully saturated rings. The number of hydrogen-bond acceptors (Lipinski definition) is 5. The second kappa shape index (κ2) is 5.31. The van der Waals surface area contributed by atoms with Gasteiger partial charge in [-0.25, -0.2) is 4.98 Å². The van der Waals surface area contributed by atoms with Gasteiger partial charge in [0.1, 0.15) is 5.82 Å². The number of nitrogens with zero attached hydrogens (tertiary/aromatic N) is 3. The summed E-state index contributed by atoms with van der Waals surface area (Å²) < 4.78 is 5.64. The highest BCUT2D eigenvalue weighted by molar-refractivity contribution is 5.44. The third kappa shape index (κ3) is 3.06. The Bertz CT molecular complexity index is 383. The number of aryl methyl sites for hydroxylation is 1. The lowest BCUT2D eigenvalue weighted by Gasteiger charge is -2.23. The molecule has 0 aromatic carbocycles. The average Bonchev–Trinajstić information content (AvgIpc) is 2.53. The van der Waals surface area contributed by atoms with Crippen LogP contribution in [0.25, 0.3) is 0 Å². The Labute approximate surface area is 102 Å². The van der Waals surface area contributed by atoms with E-state index in [9.17, 15) is 0 Å². The maximum atomic E-state index is 5.64. The Balaban J connectivity index is 2.22. The lowest BCUT2D eigenvalue weighted by molar-refractivity contribution is 0.0820. The molecule has 2 heterocycles. The summed E-state index contributed by atoms with van der Waals surface area (Å²) >= 11 is 0. The van der Waals surface area contributed by atoms with Gasteiger partial charge in [-0.15, -0.1) is 0 Å². The summed E-state index contributed by atoms with van der Waals surface area (Å²) in [7, 11) is 1.84. The van der Waals surface area contributed by atoms with Crippen LogP contribution in [0.15, 0.2) is 6.07 Å². The molecule has 17 heavy (non-hydrogen) atoms. The smallest absolute Gasteiger partial charge is 0.224 e. The monoisotopic (exact) mass is 236 g/mol. The molecule has 1 unspecified atom stereocenters. The van der Waals surface area contributed by atoms with Crippen LogP contribution in [0.1, 0.15) is 19.0 Å². The molecule has 2 rings (SSSR count). The van der Waals surface area contributed by atoms with Crippen molar-refractivity contribution in [2.45, 2.75) is 26.4 Å². The van der Waals surface area contributed by atoms with Crippen LogP contribution in [0.5, 0.6) is 0 Å². The van der Waals surface area contributed by atoms with Crippen molar-refractivity contribution < 1.29 is 4.74 Å². The van der Waals surface area contributed by atoms with E-state index in [1.807, 2.05) is 20.0 Å². The Morgan fingerprint density at radius 3 is 3.06 bits per heavy atom. The van der Waals surface area contributed by atoms with Crippen LogP contribution in [0.3, 0.4) is 0 Å². The summed E-state index contributed by atoms with van der Waals surface area (Å²) in [6.07, 6.45) is 1.30. The van der Waals surface area contributed by atoms with E-state index in [-0.39, 0.29) is 6.10 Å². The van der Waals surface area contributed by atoms with Crippen LogP contribution in [0, 0.1) is 6.92 Å². The minimum absolute atomic E-state index is 0.255. The van der Waals surface area contributed by atoms with E-state index < -0.39 is 0 Å². The van der Waals surface area contributed by atoms with Gasteiger partial charge in [0.15, 0.2) is 0 Å². The van der Waals surface area contributed by atoms with Gasteiger partial charge in [-0.3, -0.25) is 0 Å². The second-order valence-corrected chi connectivity index (χ2v) is 4.42. The van der Waals surface area contributed by atoms with E-state index in [4.69, 9.17) is 4.74 Å². The van der Waals surface area contributed by atoms with Gasteiger partial charge in [-0.1, -0.05) is 0 Å². The second-order valence-electron chi connectivity index (χ2n) is 4.42. The summed E-state index contributed by atoms with van der Waals surface area (Å²) in [5.74, 6) is 1.66. The zero-order valence-electron chi connectivity index (χ0n) is 10.7. The maximum absolute atomic E-state index is 5.64. The quantitative estimate of drug-likeness (QED) is 0.842. The molecule has 0 saturated carbocycles. The highest BCUT2D eigenvalue weighted by Gasteiger charge is 2.17. The van der Waals surface area contributed by atoms with Crippen molar-refractivity contribution in [2.75, 3.05) is 37.0 Å². The lowest BCUT2D eigenvalue weighted by atomic mass is 10.3. The van der Waals surface area contributed by atoms with Crippen LogP contribution in [0.4, 0.5) is 11.8 Å². The summed E-state index contributed by atoms with van der Waals surface area (Å²) in [6, 6.07) is 2.03.